The van der Waals surface area contributed by atoms with Crippen LogP contribution >= 0.6 is 23.2 Å². The Morgan fingerprint density at radius 1 is 1.29 bits per heavy atom. The fraction of sp³-hybridized carbons (Fsp3) is 0.200. The van der Waals surface area contributed by atoms with Crippen LogP contribution in [-0.2, 0) is 20.8 Å². The van der Waals surface area contributed by atoms with Gasteiger partial charge in [-0.3, -0.25) is 14.4 Å². The standard InChI is InChI=1S/C10H10Cl2N2O3/c11-7-2-1-6(3-8(7)12)4-10(16)14-17-5-9(13)15/h1-3H,4-5H2,(H2,13,15)(H,14,16). The smallest absolute Gasteiger partial charge is 0.247 e. The summed E-state index contributed by atoms with van der Waals surface area (Å²) in [7, 11) is 0. The van der Waals surface area contributed by atoms with Crippen LogP contribution in [0, 0.1) is 0 Å². The second kappa shape index (κ2) is 6.44. The number of carbonyl (C=O) groups is 2. The lowest BCUT2D eigenvalue weighted by Gasteiger charge is -2.05. The number of primary amides is 1. The molecule has 0 radical (unpaired) electrons. The summed E-state index contributed by atoms with van der Waals surface area (Å²) in [4.78, 5) is 26.2. The van der Waals surface area contributed by atoms with Gasteiger partial charge in [-0.15, -0.1) is 0 Å². The number of nitrogens with two attached hydrogens (primary N) is 1. The second-order valence-electron chi connectivity index (χ2n) is 3.21. The minimum atomic E-state index is -0.667. The van der Waals surface area contributed by atoms with Crippen molar-refractivity contribution in [3.8, 4) is 0 Å². The summed E-state index contributed by atoms with van der Waals surface area (Å²) in [5, 5.41) is 0.788. The first-order valence-electron chi connectivity index (χ1n) is 4.62. The van der Waals surface area contributed by atoms with Gasteiger partial charge in [0.2, 0.25) is 11.8 Å². The van der Waals surface area contributed by atoms with E-state index in [-0.39, 0.29) is 13.0 Å². The van der Waals surface area contributed by atoms with E-state index in [0.717, 1.165) is 0 Å². The van der Waals surface area contributed by atoms with Crippen molar-refractivity contribution in [1.82, 2.24) is 5.48 Å². The van der Waals surface area contributed by atoms with E-state index in [0.29, 0.717) is 15.6 Å². The molecule has 0 unspecified atom stereocenters. The number of rotatable bonds is 5. The summed E-state index contributed by atoms with van der Waals surface area (Å²) in [6.07, 6.45) is 0.0651. The molecule has 0 aromatic heterocycles. The van der Waals surface area contributed by atoms with Gasteiger partial charge in [-0.2, -0.15) is 0 Å². The number of benzene rings is 1. The van der Waals surface area contributed by atoms with Gasteiger partial charge < -0.3 is 5.73 Å². The van der Waals surface area contributed by atoms with Gasteiger partial charge in [-0.25, -0.2) is 5.48 Å². The molecule has 5 nitrogen and oxygen atoms in total. The number of hydrogen-bond acceptors (Lipinski definition) is 3. The maximum atomic E-state index is 11.3. The number of amides is 2. The molecule has 92 valence electrons. The predicted molar refractivity (Wildman–Crippen MR) is 63.5 cm³/mol. The third-order valence-electron chi connectivity index (χ3n) is 1.75. The minimum Gasteiger partial charge on any atom is -0.368 e. The Labute approximate surface area is 108 Å². The van der Waals surface area contributed by atoms with E-state index in [1.807, 2.05) is 0 Å². The number of hydrogen-bond donors (Lipinski definition) is 2. The van der Waals surface area contributed by atoms with E-state index in [2.05, 4.69) is 10.3 Å². The molecule has 0 aliphatic heterocycles. The largest absolute Gasteiger partial charge is 0.368 e. The third-order valence-corrected chi connectivity index (χ3v) is 2.49. The van der Waals surface area contributed by atoms with Crippen molar-refractivity contribution in [1.29, 1.82) is 0 Å². The molecule has 17 heavy (non-hydrogen) atoms. The molecule has 0 aliphatic carbocycles. The Hall–Kier alpha value is -1.30. The van der Waals surface area contributed by atoms with E-state index in [9.17, 15) is 9.59 Å². The molecule has 0 heterocycles. The summed E-state index contributed by atoms with van der Waals surface area (Å²) in [5.41, 5.74) is 7.58. The molecule has 1 aromatic rings. The highest BCUT2D eigenvalue weighted by Crippen LogP contribution is 2.22. The van der Waals surface area contributed by atoms with Crippen LogP contribution in [0.3, 0.4) is 0 Å². The van der Waals surface area contributed by atoms with Crippen LogP contribution in [0.2, 0.25) is 10.0 Å². The average Bonchev–Trinajstić information content (AvgIpc) is 2.23. The molecule has 0 saturated heterocycles. The summed E-state index contributed by atoms with van der Waals surface area (Å²) < 4.78 is 0. The Morgan fingerprint density at radius 2 is 2.00 bits per heavy atom. The molecule has 0 bridgehead atoms. The van der Waals surface area contributed by atoms with Crippen LogP contribution < -0.4 is 11.2 Å². The van der Waals surface area contributed by atoms with Crippen LogP contribution in [0.15, 0.2) is 18.2 Å². The van der Waals surface area contributed by atoms with E-state index in [1.54, 1.807) is 18.2 Å². The molecule has 0 atom stereocenters. The van der Waals surface area contributed by atoms with Crippen LogP contribution in [0.25, 0.3) is 0 Å². The van der Waals surface area contributed by atoms with Gasteiger partial charge >= 0.3 is 0 Å². The van der Waals surface area contributed by atoms with Gasteiger partial charge in [0.1, 0.15) is 0 Å². The van der Waals surface area contributed by atoms with Crippen molar-refractivity contribution < 1.29 is 14.4 Å². The molecular formula is C10H10Cl2N2O3. The zero-order chi connectivity index (χ0) is 12.8. The van der Waals surface area contributed by atoms with Gasteiger partial charge in [0.15, 0.2) is 6.61 Å². The van der Waals surface area contributed by atoms with Crippen LogP contribution in [0.4, 0.5) is 0 Å². The topological polar surface area (TPSA) is 81.4 Å². The molecule has 2 amide bonds. The quantitative estimate of drug-likeness (QED) is 0.790. The van der Waals surface area contributed by atoms with Crippen LogP contribution in [0.1, 0.15) is 5.56 Å². The molecule has 0 fully saturated rings. The SMILES string of the molecule is NC(=O)CONC(=O)Cc1ccc(Cl)c(Cl)c1. The normalized spacial score (nSPS) is 10.0. The maximum Gasteiger partial charge on any atom is 0.247 e. The molecular weight excluding hydrogens is 267 g/mol. The van der Waals surface area contributed by atoms with Crippen molar-refractivity contribution in [2.24, 2.45) is 5.73 Å². The number of halogens is 2. The van der Waals surface area contributed by atoms with Crippen LogP contribution in [-0.4, -0.2) is 18.4 Å². The molecule has 3 N–H and O–H groups in total. The number of hydroxylamine groups is 1. The van der Waals surface area contributed by atoms with E-state index in [4.69, 9.17) is 28.9 Å². The molecule has 0 saturated carbocycles. The average molecular weight is 277 g/mol. The maximum absolute atomic E-state index is 11.3. The fourth-order valence-corrected chi connectivity index (χ4v) is 1.38. The van der Waals surface area contributed by atoms with Crippen molar-refractivity contribution in [3.05, 3.63) is 33.8 Å². The van der Waals surface area contributed by atoms with Crippen LogP contribution in [0.5, 0.6) is 0 Å². The van der Waals surface area contributed by atoms with Gasteiger partial charge in [-0.1, -0.05) is 29.3 Å². The van der Waals surface area contributed by atoms with E-state index < -0.39 is 11.8 Å². The zero-order valence-corrected chi connectivity index (χ0v) is 10.2. The molecule has 7 heteroatoms. The lowest BCUT2D eigenvalue weighted by Crippen LogP contribution is -2.30. The Morgan fingerprint density at radius 3 is 2.59 bits per heavy atom. The van der Waals surface area contributed by atoms with Crippen molar-refractivity contribution >= 4 is 35.0 Å². The van der Waals surface area contributed by atoms with E-state index in [1.165, 1.54) is 0 Å². The van der Waals surface area contributed by atoms with Gasteiger partial charge in [-0.05, 0) is 17.7 Å². The van der Waals surface area contributed by atoms with Crippen molar-refractivity contribution in [2.75, 3.05) is 6.61 Å². The monoisotopic (exact) mass is 276 g/mol. The summed E-state index contributed by atoms with van der Waals surface area (Å²) in [6, 6.07) is 4.84. The number of carbonyl (C=O) groups excluding carboxylic acids is 2. The van der Waals surface area contributed by atoms with Crippen molar-refractivity contribution in [3.63, 3.8) is 0 Å². The Kier molecular flexibility index (Phi) is 5.21. The van der Waals surface area contributed by atoms with Crippen molar-refractivity contribution in [2.45, 2.75) is 6.42 Å². The fourth-order valence-electron chi connectivity index (χ4n) is 1.06. The Bertz CT molecular complexity index is 438. The molecule has 0 spiro atoms. The molecule has 1 rings (SSSR count). The zero-order valence-electron chi connectivity index (χ0n) is 8.70. The van der Waals surface area contributed by atoms with Gasteiger partial charge in [0.25, 0.3) is 0 Å². The third kappa shape index (κ3) is 5.04. The van der Waals surface area contributed by atoms with Gasteiger partial charge in [0.05, 0.1) is 16.5 Å². The number of nitrogens with one attached hydrogen (secondary N) is 1. The lowest BCUT2D eigenvalue weighted by molar-refractivity contribution is -0.137. The summed E-state index contributed by atoms with van der Waals surface area (Å²) >= 11 is 11.5. The first-order valence-corrected chi connectivity index (χ1v) is 5.37. The van der Waals surface area contributed by atoms with Gasteiger partial charge in [0, 0.05) is 0 Å². The predicted octanol–water partition coefficient (Wildman–Crippen LogP) is 1.07. The minimum absolute atomic E-state index is 0.0651. The molecule has 0 aliphatic rings. The summed E-state index contributed by atoms with van der Waals surface area (Å²) in [6.45, 7) is -0.368. The highest BCUT2D eigenvalue weighted by molar-refractivity contribution is 6.42. The lowest BCUT2D eigenvalue weighted by atomic mass is 10.1. The molecule has 1 aromatic carbocycles. The highest BCUT2D eigenvalue weighted by Gasteiger charge is 2.06. The highest BCUT2D eigenvalue weighted by atomic mass is 35.5. The van der Waals surface area contributed by atoms with E-state index >= 15 is 0 Å². The Balaban J connectivity index is 2.45. The first-order chi connectivity index (χ1) is 7.99. The summed E-state index contributed by atoms with van der Waals surface area (Å²) in [5.74, 6) is -1.08. The first kappa shape index (κ1) is 13.8. The second-order valence-corrected chi connectivity index (χ2v) is 4.02.